The smallest absolute Gasteiger partial charge is 0.334 e. The molecule has 2 fully saturated rings. The van der Waals surface area contributed by atoms with Crippen molar-refractivity contribution in [2.45, 2.75) is 45.4 Å². The van der Waals surface area contributed by atoms with Crippen LogP contribution in [0.2, 0.25) is 0 Å². The molecule has 0 aliphatic carbocycles. The van der Waals surface area contributed by atoms with Gasteiger partial charge < -0.3 is 15.1 Å². The summed E-state index contributed by atoms with van der Waals surface area (Å²) in [5.74, 6) is -0.226. The molecule has 0 saturated carbocycles. The lowest BCUT2D eigenvalue weighted by Gasteiger charge is -2.55. The van der Waals surface area contributed by atoms with Crippen LogP contribution in [-0.2, 0) is 22.6 Å². The van der Waals surface area contributed by atoms with Gasteiger partial charge in [0.25, 0.3) is 0 Å². The summed E-state index contributed by atoms with van der Waals surface area (Å²) in [5, 5.41) is 6.26. The van der Waals surface area contributed by atoms with E-state index in [-0.39, 0.29) is 30.3 Å². The summed E-state index contributed by atoms with van der Waals surface area (Å²) in [4.78, 5) is 43.4. The van der Waals surface area contributed by atoms with E-state index in [4.69, 9.17) is 0 Å². The molecule has 4 rings (SSSR count). The van der Waals surface area contributed by atoms with Gasteiger partial charge in [-0.1, -0.05) is 74.5 Å². The number of fused-ring (bicyclic) bond motifs is 1. The summed E-state index contributed by atoms with van der Waals surface area (Å²) in [6, 6.07) is 19.1. The third kappa shape index (κ3) is 5.48. The topological polar surface area (TPSA) is 76.2 Å². The maximum Gasteiger partial charge on any atom is 0.334 e. The van der Waals surface area contributed by atoms with Gasteiger partial charge in [0.1, 0.15) is 12.2 Å². The second-order valence-corrected chi connectivity index (χ2v) is 9.65. The summed E-state index contributed by atoms with van der Waals surface area (Å²) < 4.78 is 0. The van der Waals surface area contributed by atoms with Crippen molar-refractivity contribution in [1.82, 2.24) is 25.1 Å². The van der Waals surface area contributed by atoms with E-state index in [0.29, 0.717) is 19.6 Å². The van der Waals surface area contributed by atoms with E-state index >= 15 is 0 Å². The largest absolute Gasteiger partial charge is 0.337 e. The Morgan fingerprint density at radius 3 is 2.26 bits per heavy atom. The molecule has 8 heteroatoms. The molecule has 0 spiro atoms. The minimum absolute atomic E-state index is 0.0353. The van der Waals surface area contributed by atoms with Crippen LogP contribution in [0.1, 0.15) is 31.4 Å². The Bertz CT molecular complexity index is 1030. The first kappa shape index (κ1) is 24.7. The van der Waals surface area contributed by atoms with Gasteiger partial charge in [-0.15, -0.1) is 0 Å². The number of piperazine rings is 1. The van der Waals surface area contributed by atoms with Gasteiger partial charge in [0.2, 0.25) is 11.8 Å². The van der Waals surface area contributed by atoms with Gasteiger partial charge in [-0.3, -0.25) is 9.59 Å². The Morgan fingerprint density at radius 1 is 1.00 bits per heavy atom. The summed E-state index contributed by atoms with van der Waals surface area (Å²) >= 11 is 0. The van der Waals surface area contributed by atoms with E-state index in [1.165, 1.54) is 5.56 Å². The zero-order chi connectivity index (χ0) is 24.9. The third-order valence-corrected chi connectivity index (χ3v) is 6.73. The molecule has 2 aliphatic heterocycles. The van der Waals surface area contributed by atoms with Crippen LogP contribution in [0.25, 0.3) is 0 Å². The highest BCUT2D eigenvalue weighted by atomic mass is 16.2. The van der Waals surface area contributed by atoms with Crippen LogP contribution < -0.4 is 5.32 Å². The second kappa shape index (κ2) is 10.9. The maximum atomic E-state index is 13.5. The zero-order valence-electron chi connectivity index (χ0n) is 20.8. The SMILES string of the molecule is CC(C)[C@H]1C(=O)N(CCCc2ccccc2)CC2N1C(=O)CN(C)N2C(=O)NCc1ccccc1. The number of carbonyl (C=O) groups is 3. The molecule has 0 aromatic heterocycles. The lowest BCUT2D eigenvalue weighted by molar-refractivity contribution is -0.189. The molecule has 2 saturated heterocycles. The lowest BCUT2D eigenvalue weighted by Crippen LogP contribution is -2.76. The second-order valence-electron chi connectivity index (χ2n) is 9.65. The van der Waals surface area contributed by atoms with Crippen molar-refractivity contribution in [1.29, 1.82) is 0 Å². The van der Waals surface area contributed by atoms with Gasteiger partial charge in [0, 0.05) is 20.1 Å². The molecule has 2 atom stereocenters. The molecule has 35 heavy (non-hydrogen) atoms. The molecular formula is C27H35N5O3. The van der Waals surface area contributed by atoms with E-state index in [1.54, 1.807) is 22.0 Å². The number of nitrogens with zero attached hydrogens (tertiary/aromatic N) is 4. The highest BCUT2D eigenvalue weighted by Gasteiger charge is 2.51. The van der Waals surface area contributed by atoms with Crippen molar-refractivity contribution in [3.63, 3.8) is 0 Å². The Morgan fingerprint density at radius 2 is 1.63 bits per heavy atom. The van der Waals surface area contributed by atoms with Gasteiger partial charge >= 0.3 is 6.03 Å². The van der Waals surface area contributed by atoms with E-state index < -0.39 is 12.2 Å². The molecule has 0 bridgehead atoms. The lowest BCUT2D eigenvalue weighted by atomic mass is 9.96. The molecule has 2 aromatic rings. The van der Waals surface area contributed by atoms with E-state index in [9.17, 15) is 14.4 Å². The highest BCUT2D eigenvalue weighted by molar-refractivity contribution is 5.91. The van der Waals surface area contributed by atoms with Crippen molar-refractivity contribution in [2.24, 2.45) is 5.92 Å². The van der Waals surface area contributed by atoms with Crippen LogP contribution in [0, 0.1) is 5.92 Å². The average molecular weight is 478 g/mol. The van der Waals surface area contributed by atoms with E-state index in [0.717, 1.165) is 18.4 Å². The van der Waals surface area contributed by atoms with Gasteiger partial charge in [0.05, 0.1) is 13.1 Å². The summed E-state index contributed by atoms with van der Waals surface area (Å²) in [6.45, 7) is 5.24. The first-order valence-electron chi connectivity index (χ1n) is 12.3. The van der Waals surface area contributed by atoms with Crippen molar-refractivity contribution in [2.75, 3.05) is 26.7 Å². The highest BCUT2D eigenvalue weighted by Crippen LogP contribution is 2.29. The molecule has 4 amide bonds. The fourth-order valence-corrected chi connectivity index (χ4v) is 5.04. The minimum Gasteiger partial charge on any atom is -0.337 e. The monoisotopic (exact) mass is 477 g/mol. The first-order valence-corrected chi connectivity index (χ1v) is 12.3. The normalized spacial score (nSPS) is 20.9. The summed E-state index contributed by atoms with van der Waals surface area (Å²) in [7, 11) is 1.75. The fourth-order valence-electron chi connectivity index (χ4n) is 5.04. The summed E-state index contributed by atoms with van der Waals surface area (Å²) in [6.07, 6.45) is 1.14. The van der Waals surface area contributed by atoms with Crippen LogP contribution in [-0.4, -0.2) is 76.6 Å². The maximum absolute atomic E-state index is 13.5. The van der Waals surface area contributed by atoms with Gasteiger partial charge in [0.15, 0.2) is 0 Å². The van der Waals surface area contributed by atoms with Crippen molar-refractivity contribution in [3.8, 4) is 0 Å². The predicted molar refractivity (Wildman–Crippen MR) is 134 cm³/mol. The Balaban J connectivity index is 1.52. The van der Waals surface area contributed by atoms with Crippen molar-refractivity contribution >= 4 is 17.8 Å². The van der Waals surface area contributed by atoms with Gasteiger partial charge in [-0.05, 0) is 29.9 Å². The molecule has 0 radical (unpaired) electrons. The van der Waals surface area contributed by atoms with Crippen LogP contribution in [0.3, 0.4) is 0 Å². The number of urea groups is 1. The molecule has 1 unspecified atom stereocenters. The molecule has 1 N–H and O–H groups in total. The molecule has 2 aliphatic rings. The number of hydrazine groups is 1. The van der Waals surface area contributed by atoms with Crippen LogP contribution in [0.15, 0.2) is 60.7 Å². The van der Waals surface area contributed by atoms with Crippen LogP contribution >= 0.6 is 0 Å². The quantitative estimate of drug-likeness (QED) is 0.665. The Kier molecular flexibility index (Phi) is 7.70. The molecule has 2 aromatic carbocycles. The average Bonchev–Trinajstić information content (AvgIpc) is 2.84. The number of nitrogens with one attached hydrogen (secondary N) is 1. The molecular weight excluding hydrogens is 442 g/mol. The number of likely N-dealkylation sites (N-methyl/N-ethyl adjacent to an activating group) is 1. The van der Waals surface area contributed by atoms with Crippen molar-refractivity contribution in [3.05, 3.63) is 71.8 Å². The standard InChI is InChI=1S/C27H35N5O3/c1-20(2)25-26(34)30(16-10-15-21-11-6-4-7-12-21)18-23-31(25)24(33)19-29(3)32(23)27(35)28-17-22-13-8-5-9-14-22/h4-9,11-14,20,23,25H,10,15-19H2,1-3H3,(H,28,35)/t23?,25-/m0/s1. The summed E-state index contributed by atoms with van der Waals surface area (Å²) in [5.41, 5.74) is 2.23. The Labute approximate surface area is 207 Å². The van der Waals surface area contributed by atoms with Gasteiger partial charge in [-0.2, -0.15) is 0 Å². The molecule has 2 heterocycles. The predicted octanol–water partition coefficient (Wildman–Crippen LogP) is 2.71. The van der Waals surface area contributed by atoms with Crippen LogP contribution in [0.4, 0.5) is 4.79 Å². The first-order chi connectivity index (χ1) is 16.9. The number of rotatable bonds is 7. The number of hydrogen-bond donors (Lipinski definition) is 1. The number of benzene rings is 2. The van der Waals surface area contributed by atoms with Crippen LogP contribution in [0.5, 0.6) is 0 Å². The van der Waals surface area contributed by atoms with Gasteiger partial charge in [-0.25, -0.2) is 14.8 Å². The molecule has 8 nitrogen and oxygen atoms in total. The zero-order valence-corrected chi connectivity index (χ0v) is 20.8. The molecule has 186 valence electrons. The van der Waals surface area contributed by atoms with E-state index in [1.807, 2.05) is 67.3 Å². The third-order valence-electron chi connectivity index (χ3n) is 6.73. The minimum atomic E-state index is -0.587. The number of hydrogen-bond acceptors (Lipinski definition) is 4. The van der Waals surface area contributed by atoms with E-state index in [2.05, 4.69) is 17.4 Å². The number of aryl methyl sites for hydroxylation is 1. The number of amides is 4. The Hall–Kier alpha value is -3.39. The number of carbonyl (C=O) groups excluding carboxylic acids is 3. The van der Waals surface area contributed by atoms with Crippen molar-refractivity contribution < 1.29 is 14.4 Å². The fraction of sp³-hybridized carbons (Fsp3) is 0.444.